The van der Waals surface area contributed by atoms with Gasteiger partial charge in [0.05, 0.1) is 0 Å². The lowest BCUT2D eigenvalue weighted by atomic mass is 10.0. The van der Waals surface area contributed by atoms with E-state index in [1.807, 2.05) is 0 Å². The molecule has 0 aromatic heterocycles. The molecule has 0 saturated heterocycles. The molecule has 0 heterocycles. The van der Waals surface area contributed by atoms with E-state index in [0.29, 0.717) is 19.3 Å². The number of carbonyl (C=O) groups excluding carboxylic acids is 3. The predicted molar refractivity (Wildman–Crippen MR) is 334 cm³/mol. The van der Waals surface area contributed by atoms with Crippen molar-refractivity contribution in [2.24, 2.45) is 0 Å². The van der Waals surface area contributed by atoms with Crippen LogP contribution in [-0.2, 0) is 28.6 Å². The van der Waals surface area contributed by atoms with Gasteiger partial charge in [-0.15, -0.1) is 0 Å². The number of hydrogen-bond donors (Lipinski definition) is 0. The van der Waals surface area contributed by atoms with Crippen LogP contribution in [0.4, 0.5) is 0 Å². The minimum Gasteiger partial charge on any atom is -0.462 e. The average molecular weight is 1070 g/mol. The summed E-state index contributed by atoms with van der Waals surface area (Å²) >= 11 is 0. The average Bonchev–Trinajstić information content (AvgIpc) is 3.43. The van der Waals surface area contributed by atoms with Gasteiger partial charge in [0, 0.05) is 19.3 Å². The number of unbranched alkanes of at least 4 members (excludes halogenated alkanes) is 29. The predicted octanol–water partition coefficient (Wildman–Crippen LogP) is 22.2. The molecular weight excluding hydrogens is 949 g/mol. The van der Waals surface area contributed by atoms with Gasteiger partial charge in [-0.05, 0) is 103 Å². The first-order chi connectivity index (χ1) is 38.0. The molecule has 0 aliphatic carbocycles. The SMILES string of the molecule is CC/C=C\C/C=C\C/C=C\C/C=C\C/C=C\C/C=C\C/C=C\C/C=C\CCCCC(=O)OCC(COC(=O)CCCCCCC/C=C\CCC)OC(=O)CCCCCCCCCCCCCCCCCCCCCCCC. The number of rotatable bonds is 58. The molecule has 0 aromatic carbocycles. The topological polar surface area (TPSA) is 78.9 Å². The Hall–Kier alpha value is -3.93. The van der Waals surface area contributed by atoms with Crippen LogP contribution in [0.3, 0.4) is 0 Å². The van der Waals surface area contributed by atoms with Crippen molar-refractivity contribution in [1.82, 2.24) is 0 Å². The fourth-order valence-corrected chi connectivity index (χ4v) is 8.93. The summed E-state index contributed by atoms with van der Waals surface area (Å²) in [5.41, 5.74) is 0. The van der Waals surface area contributed by atoms with Crippen molar-refractivity contribution in [1.29, 1.82) is 0 Å². The van der Waals surface area contributed by atoms with Crippen molar-refractivity contribution in [2.45, 2.75) is 309 Å². The Kier molecular flexibility index (Phi) is 61.3. The number of ether oxygens (including phenoxy) is 3. The van der Waals surface area contributed by atoms with E-state index in [9.17, 15) is 14.4 Å². The monoisotopic (exact) mass is 1070 g/mol. The van der Waals surface area contributed by atoms with Gasteiger partial charge in [-0.3, -0.25) is 14.4 Å². The molecule has 77 heavy (non-hydrogen) atoms. The Bertz CT molecular complexity index is 1560. The Morgan fingerprint density at radius 2 is 0.532 bits per heavy atom. The summed E-state index contributed by atoms with van der Waals surface area (Å²) in [5, 5.41) is 0. The fraction of sp³-hybridized carbons (Fsp3) is 0.704. The van der Waals surface area contributed by atoms with Crippen LogP contribution < -0.4 is 0 Å². The van der Waals surface area contributed by atoms with Gasteiger partial charge in [-0.2, -0.15) is 0 Å². The molecule has 0 rings (SSSR count). The van der Waals surface area contributed by atoms with Crippen molar-refractivity contribution < 1.29 is 28.6 Å². The highest BCUT2D eigenvalue weighted by molar-refractivity contribution is 5.71. The smallest absolute Gasteiger partial charge is 0.306 e. The van der Waals surface area contributed by atoms with Crippen LogP contribution in [0, 0.1) is 0 Å². The summed E-state index contributed by atoms with van der Waals surface area (Å²) in [6, 6.07) is 0. The van der Waals surface area contributed by atoms with Crippen molar-refractivity contribution in [2.75, 3.05) is 13.2 Å². The lowest BCUT2D eigenvalue weighted by Gasteiger charge is -2.18. The van der Waals surface area contributed by atoms with Gasteiger partial charge in [0.25, 0.3) is 0 Å². The summed E-state index contributed by atoms with van der Waals surface area (Å²) in [7, 11) is 0. The molecule has 0 aliphatic heterocycles. The highest BCUT2D eigenvalue weighted by Crippen LogP contribution is 2.17. The van der Waals surface area contributed by atoms with Crippen LogP contribution in [0.15, 0.2) is 109 Å². The molecule has 0 fully saturated rings. The van der Waals surface area contributed by atoms with Gasteiger partial charge in [-0.1, -0.05) is 291 Å². The number of allylic oxidation sites excluding steroid dienone is 18. The van der Waals surface area contributed by atoms with E-state index in [0.717, 1.165) is 128 Å². The van der Waals surface area contributed by atoms with Crippen LogP contribution >= 0.6 is 0 Å². The Labute approximate surface area is 476 Å². The van der Waals surface area contributed by atoms with Gasteiger partial charge < -0.3 is 14.2 Å². The molecule has 6 heteroatoms. The molecular formula is C71H120O6. The second-order valence-electron chi connectivity index (χ2n) is 21.3. The number of hydrogen-bond acceptors (Lipinski definition) is 6. The van der Waals surface area contributed by atoms with E-state index in [1.165, 1.54) is 135 Å². The summed E-state index contributed by atoms with van der Waals surface area (Å²) in [5.74, 6) is -0.942. The summed E-state index contributed by atoms with van der Waals surface area (Å²) in [4.78, 5) is 38.2. The minimum absolute atomic E-state index is 0.0953. The molecule has 0 aliphatic rings. The van der Waals surface area contributed by atoms with E-state index in [-0.39, 0.29) is 31.1 Å². The number of carbonyl (C=O) groups is 3. The van der Waals surface area contributed by atoms with Gasteiger partial charge in [0.15, 0.2) is 6.10 Å². The maximum atomic E-state index is 12.9. The second kappa shape index (κ2) is 64.6. The highest BCUT2D eigenvalue weighted by Gasteiger charge is 2.19. The van der Waals surface area contributed by atoms with E-state index in [1.54, 1.807) is 0 Å². The van der Waals surface area contributed by atoms with Crippen molar-refractivity contribution in [3.8, 4) is 0 Å². The first kappa shape index (κ1) is 73.1. The third-order valence-corrected chi connectivity index (χ3v) is 13.7. The second-order valence-corrected chi connectivity index (χ2v) is 21.3. The number of esters is 3. The molecule has 0 spiro atoms. The standard InChI is InChI=1S/C71H120O6/c1-4-7-10-13-16-19-22-24-26-28-30-32-34-35-36-37-38-40-41-43-45-47-49-52-55-58-61-64-70(73)76-67-68(66-75-69(72)63-60-57-54-51-21-18-15-12-9-6-3)77-71(74)65-62-59-56-53-50-48-46-44-42-39-33-31-29-27-25-23-20-17-14-11-8-5-2/h7,10,12,15-16,19,24,26,30,32,35-36,38,40,43,45,49,52,68H,4-6,8-9,11,13-14,17-18,20-23,25,27-29,31,33-34,37,39,41-42,44,46-48,50-51,53-67H2,1-3H3/b10-7-,15-12-,19-16-,26-24-,32-30-,36-35-,40-38-,45-43-,52-49-. The maximum absolute atomic E-state index is 12.9. The Balaban J connectivity index is 4.33. The van der Waals surface area contributed by atoms with Crippen LogP contribution in [-0.4, -0.2) is 37.2 Å². The lowest BCUT2D eigenvalue weighted by molar-refractivity contribution is -0.167. The van der Waals surface area contributed by atoms with E-state index in [2.05, 4.69) is 130 Å². The lowest BCUT2D eigenvalue weighted by Crippen LogP contribution is -2.30. The molecule has 0 amide bonds. The quantitative estimate of drug-likeness (QED) is 0.0261. The van der Waals surface area contributed by atoms with E-state index < -0.39 is 6.10 Å². The molecule has 0 aromatic rings. The minimum atomic E-state index is -0.800. The first-order valence-electron chi connectivity index (χ1n) is 32.4. The molecule has 1 unspecified atom stereocenters. The molecule has 0 bridgehead atoms. The Morgan fingerprint density at radius 1 is 0.273 bits per heavy atom. The summed E-state index contributed by atoms with van der Waals surface area (Å²) in [6.45, 7) is 6.45. The maximum Gasteiger partial charge on any atom is 0.306 e. The molecule has 6 nitrogen and oxygen atoms in total. The Morgan fingerprint density at radius 3 is 0.883 bits per heavy atom. The molecule has 0 saturated carbocycles. The summed E-state index contributed by atoms with van der Waals surface area (Å²) < 4.78 is 16.9. The van der Waals surface area contributed by atoms with Crippen molar-refractivity contribution >= 4 is 17.9 Å². The molecule has 0 N–H and O–H groups in total. The molecule has 0 radical (unpaired) electrons. The van der Waals surface area contributed by atoms with Crippen LogP contribution in [0.25, 0.3) is 0 Å². The highest BCUT2D eigenvalue weighted by atomic mass is 16.6. The van der Waals surface area contributed by atoms with Crippen LogP contribution in [0.5, 0.6) is 0 Å². The zero-order valence-electron chi connectivity index (χ0n) is 50.4. The molecule has 1 atom stereocenters. The molecule has 440 valence electrons. The fourth-order valence-electron chi connectivity index (χ4n) is 8.93. The third kappa shape index (κ3) is 62.8. The van der Waals surface area contributed by atoms with Gasteiger partial charge >= 0.3 is 17.9 Å². The van der Waals surface area contributed by atoms with E-state index in [4.69, 9.17) is 14.2 Å². The van der Waals surface area contributed by atoms with Gasteiger partial charge in [0.1, 0.15) is 13.2 Å². The summed E-state index contributed by atoms with van der Waals surface area (Å²) in [6.07, 6.45) is 88.3. The largest absolute Gasteiger partial charge is 0.462 e. The van der Waals surface area contributed by atoms with Crippen LogP contribution in [0.1, 0.15) is 303 Å². The van der Waals surface area contributed by atoms with Gasteiger partial charge in [-0.25, -0.2) is 0 Å². The normalized spacial score (nSPS) is 12.8. The van der Waals surface area contributed by atoms with Gasteiger partial charge in [0.2, 0.25) is 0 Å². The zero-order valence-corrected chi connectivity index (χ0v) is 50.4. The first-order valence-corrected chi connectivity index (χ1v) is 32.4. The zero-order chi connectivity index (χ0) is 55.7. The van der Waals surface area contributed by atoms with Crippen molar-refractivity contribution in [3.05, 3.63) is 109 Å². The van der Waals surface area contributed by atoms with Crippen LogP contribution in [0.2, 0.25) is 0 Å². The van der Waals surface area contributed by atoms with E-state index >= 15 is 0 Å². The third-order valence-electron chi connectivity index (χ3n) is 13.7. The van der Waals surface area contributed by atoms with Crippen molar-refractivity contribution in [3.63, 3.8) is 0 Å².